The third-order valence-corrected chi connectivity index (χ3v) is 3.63. The molecule has 0 aromatic heterocycles. The van der Waals surface area contributed by atoms with Gasteiger partial charge >= 0.3 is 0 Å². The zero-order valence-corrected chi connectivity index (χ0v) is 12.3. The monoisotopic (exact) mass is 294 g/mol. The number of ether oxygens (including phenoxy) is 1. The summed E-state index contributed by atoms with van der Waals surface area (Å²) in [6, 6.07) is 7.25. The van der Waals surface area contributed by atoms with Gasteiger partial charge in [-0.15, -0.1) is 0 Å². The van der Waals surface area contributed by atoms with Crippen LogP contribution in [0.4, 0.5) is 0 Å². The van der Waals surface area contributed by atoms with Crippen LogP contribution in [0, 0.1) is 0 Å². The molecule has 0 aliphatic carbocycles. The van der Waals surface area contributed by atoms with Crippen molar-refractivity contribution in [2.24, 2.45) is 0 Å². The number of hydrogen-bond acceptors (Lipinski definition) is 3. The molecule has 108 valence electrons. The van der Waals surface area contributed by atoms with E-state index < -0.39 is 0 Å². The van der Waals surface area contributed by atoms with Crippen LogP contribution in [0.3, 0.4) is 0 Å². The Bertz CT molecular complexity index is 475. The van der Waals surface area contributed by atoms with Crippen molar-refractivity contribution >= 4 is 17.5 Å². The van der Waals surface area contributed by atoms with Crippen molar-refractivity contribution in [1.29, 1.82) is 0 Å². The van der Waals surface area contributed by atoms with Crippen molar-refractivity contribution < 1.29 is 9.53 Å². The molecule has 1 heterocycles. The molecule has 1 aromatic rings. The van der Waals surface area contributed by atoms with Gasteiger partial charge in [0.05, 0.1) is 18.8 Å². The highest BCUT2D eigenvalue weighted by atomic mass is 35.5. The zero-order valence-electron chi connectivity index (χ0n) is 11.5. The smallest absolute Gasteiger partial charge is 0.243 e. The molecule has 4 nitrogen and oxygen atoms in total. The molecular weight excluding hydrogens is 276 g/mol. The number of carbonyl (C=O) groups is 1. The highest BCUT2D eigenvalue weighted by Crippen LogP contribution is 2.23. The lowest BCUT2D eigenvalue weighted by Crippen LogP contribution is -2.47. The third-order valence-electron chi connectivity index (χ3n) is 3.38. The van der Waals surface area contributed by atoms with Gasteiger partial charge < -0.3 is 15.0 Å². The van der Waals surface area contributed by atoms with Gasteiger partial charge in [0.15, 0.2) is 0 Å². The number of hydrogen-bond donors (Lipinski definition) is 1. The number of nitrogens with zero attached hydrogens (tertiary/aromatic N) is 1. The van der Waals surface area contributed by atoms with Crippen molar-refractivity contribution in [2.45, 2.75) is 12.1 Å². The van der Waals surface area contributed by atoms with Gasteiger partial charge in [0.1, 0.15) is 0 Å². The van der Waals surface area contributed by atoms with E-state index in [1.165, 1.54) is 6.08 Å². The van der Waals surface area contributed by atoms with E-state index in [1.807, 2.05) is 31.3 Å². The molecule has 2 atom stereocenters. The Balaban J connectivity index is 2.21. The quantitative estimate of drug-likeness (QED) is 0.864. The highest BCUT2D eigenvalue weighted by Gasteiger charge is 2.28. The van der Waals surface area contributed by atoms with Gasteiger partial charge in [-0.2, -0.15) is 0 Å². The minimum absolute atomic E-state index is 0.0844. The summed E-state index contributed by atoms with van der Waals surface area (Å²) in [7, 11) is 2.05. The number of likely N-dealkylation sites (N-methyl/N-ethyl adjacent to an activating group) is 1. The van der Waals surface area contributed by atoms with Crippen LogP contribution < -0.4 is 5.32 Å². The number of carbonyl (C=O) groups excluding carboxylic acids is 1. The fraction of sp³-hybridized carbons (Fsp3) is 0.400. The molecule has 1 amide bonds. The maximum Gasteiger partial charge on any atom is 0.243 e. The molecule has 1 saturated heterocycles. The van der Waals surface area contributed by atoms with Gasteiger partial charge in [0.25, 0.3) is 0 Å². The molecule has 1 aliphatic rings. The molecule has 1 fully saturated rings. The van der Waals surface area contributed by atoms with Gasteiger partial charge in [-0.3, -0.25) is 4.79 Å². The molecule has 2 rings (SSSR count). The fourth-order valence-corrected chi connectivity index (χ4v) is 2.41. The first-order valence-corrected chi connectivity index (χ1v) is 6.96. The Morgan fingerprint density at radius 2 is 2.25 bits per heavy atom. The second-order valence-electron chi connectivity index (χ2n) is 4.91. The molecular formula is C15H19ClN2O2. The lowest BCUT2D eigenvalue weighted by atomic mass is 10.00. The van der Waals surface area contributed by atoms with Crippen molar-refractivity contribution in [3.63, 3.8) is 0 Å². The van der Waals surface area contributed by atoms with E-state index in [9.17, 15) is 4.79 Å². The number of amides is 1. The average Bonchev–Trinajstić information content (AvgIpc) is 2.45. The summed E-state index contributed by atoms with van der Waals surface area (Å²) in [5, 5.41) is 3.61. The maximum absolute atomic E-state index is 11.7. The Kier molecular flexibility index (Phi) is 5.17. The molecule has 20 heavy (non-hydrogen) atoms. The van der Waals surface area contributed by atoms with Gasteiger partial charge in [0, 0.05) is 18.1 Å². The fourth-order valence-electron chi connectivity index (χ4n) is 2.29. The minimum Gasteiger partial charge on any atom is -0.373 e. The van der Waals surface area contributed by atoms with Gasteiger partial charge in [-0.1, -0.05) is 30.3 Å². The highest BCUT2D eigenvalue weighted by molar-refractivity contribution is 6.30. The summed E-state index contributed by atoms with van der Waals surface area (Å²) < 4.78 is 5.82. The molecule has 0 spiro atoms. The first kappa shape index (κ1) is 15.0. The van der Waals surface area contributed by atoms with Crippen LogP contribution in [0.5, 0.6) is 0 Å². The number of halogens is 1. The topological polar surface area (TPSA) is 41.6 Å². The second-order valence-corrected chi connectivity index (χ2v) is 5.35. The normalized spacial score (nSPS) is 21.2. The number of rotatable bonds is 4. The molecule has 0 saturated carbocycles. The van der Waals surface area contributed by atoms with Crippen LogP contribution in [-0.4, -0.2) is 43.7 Å². The summed E-state index contributed by atoms with van der Waals surface area (Å²) in [6.45, 7) is 5.83. The van der Waals surface area contributed by atoms with E-state index in [-0.39, 0.29) is 18.1 Å². The minimum atomic E-state index is -0.208. The van der Waals surface area contributed by atoms with Gasteiger partial charge in [0.2, 0.25) is 5.91 Å². The Morgan fingerprint density at radius 1 is 1.55 bits per heavy atom. The molecule has 1 aliphatic heterocycles. The van der Waals surface area contributed by atoms with E-state index in [4.69, 9.17) is 16.3 Å². The summed E-state index contributed by atoms with van der Waals surface area (Å²) >= 11 is 5.92. The molecule has 1 N–H and O–H groups in total. The average molecular weight is 295 g/mol. The summed E-state index contributed by atoms with van der Waals surface area (Å²) in [4.78, 5) is 13.9. The zero-order chi connectivity index (χ0) is 14.5. The first-order valence-electron chi connectivity index (χ1n) is 6.58. The van der Waals surface area contributed by atoms with Crippen molar-refractivity contribution in [1.82, 2.24) is 10.2 Å². The lowest BCUT2D eigenvalue weighted by molar-refractivity contribution is -0.119. The summed E-state index contributed by atoms with van der Waals surface area (Å²) in [5.74, 6) is -0.207. The van der Waals surface area contributed by atoms with Crippen LogP contribution in [0.1, 0.15) is 11.6 Å². The molecule has 0 radical (unpaired) electrons. The van der Waals surface area contributed by atoms with Crippen LogP contribution in [-0.2, 0) is 9.53 Å². The van der Waals surface area contributed by atoms with Crippen molar-refractivity contribution in [3.05, 3.63) is 47.5 Å². The number of morpholine rings is 1. The summed E-state index contributed by atoms with van der Waals surface area (Å²) in [6.07, 6.45) is 1.19. The Morgan fingerprint density at radius 3 is 2.85 bits per heavy atom. The molecule has 0 bridgehead atoms. The first-order chi connectivity index (χ1) is 9.60. The van der Waals surface area contributed by atoms with Gasteiger partial charge in [-0.05, 0) is 30.8 Å². The maximum atomic E-state index is 11.7. The van der Waals surface area contributed by atoms with Crippen LogP contribution >= 0.6 is 11.6 Å². The Hall–Kier alpha value is -1.36. The second kappa shape index (κ2) is 6.88. The number of nitrogens with one attached hydrogen (secondary N) is 1. The SMILES string of the molecule is C=CC(=O)NC(c1ccc(Cl)cc1)C1CN(C)CCO1. The Labute approximate surface area is 124 Å². The number of benzene rings is 1. The van der Waals surface area contributed by atoms with Crippen molar-refractivity contribution in [2.75, 3.05) is 26.7 Å². The van der Waals surface area contributed by atoms with E-state index in [1.54, 1.807) is 0 Å². The predicted octanol–water partition coefficient (Wildman–Crippen LogP) is 2.01. The third kappa shape index (κ3) is 3.82. The van der Waals surface area contributed by atoms with Crippen LogP contribution in [0.2, 0.25) is 5.02 Å². The van der Waals surface area contributed by atoms with Gasteiger partial charge in [-0.25, -0.2) is 0 Å². The van der Waals surface area contributed by atoms with E-state index in [0.717, 1.165) is 18.7 Å². The van der Waals surface area contributed by atoms with E-state index in [2.05, 4.69) is 16.8 Å². The standard InChI is InChI=1S/C15H19ClN2O2/c1-3-14(19)17-15(11-4-6-12(16)7-5-11)13-10-18(2)8-9-20-13/h3-7,13,15H,1,8-10H2,2H3,(H,17,19). The van der Waals surface area contributed by atoms with Crippen LogP contribution in [0.15, 0.2) is 36.9 Å². The predicted molar refractivity (Wildman–Crippen MR) is 79.8 cm³/mol. The lowest BCUT2D eigenvalue weighted by Gasteiger charge is -2.35. The van der Waals surface area contributed by atoms with Crippen LogP contribution in [0.25, 0.3) is 0 Å². The molecule has 5 heteroatoms. The van der Waals surface area contributed by atoms with Crippen molar-refractivity contribution in [3.8, 4) is 0 Å². The van der Waals surface area contributed by atoms with E-state index in [0.29, 0.717) is 11.6 Å². The van der Waals surface area contributed by atoms with E-state index >= 15 is 0 Å². The largest absolute Gasteiger partial charge is 0.373 e. The molecule has 2 unspecified atom stereocenters. The summed E-state index contributed by atoms with van der Waals surface area (Å²) in [5.41, 5.74) is 0.977. The molecule has 1 aromatic carbocycles.